The number of carbonyl (C=O) groups is 1. The Labute approximate surface area is 123 Å². The van der Waals surface area contributed by atoms with Crippen LogP contribution >= 0.6 is 0 Å². The maximum Gasteiger partial charge on any atom is 0.338 e. The Morgan fingerprint density at radius 2 is 2.10 bits per heavy atom. The molecule has 0 unspecified atom stereocenters. The molecule has 5 nitrogen and oxygen atoms in total. The molecule has 0 spiro atoms. The van der Waals surface area contributed by atoms with Gasteiger partial charge in [0, 0.05) is 6.54 Å². The zero-order valence-corrected chi connectivity index (χ0v) is 12.4. The minimum Gasteiger partial charge on any atom is -0.478 e. The molecule has 0 amide bonds. The number of hydrogen-bond donors (Lipinski definition) is 3. The smallest absolute Gasteiger partial charge is 0.338 e. The number of anilines is 2. The summed E-state index contributed by atoms with van der Waals surface area (Å²) in [6.07, 6.45) is 2.12. The monoisotopic (exact) mass is 295 g/mol. The second-order valence-corrected chi connectivity index (χ2v) is 6.19. The zero-order valence-electron chi connectivity index (χ0n) is 12.4. The molecule has 1 aromatic rings. The highest BCUT2D eigenvalue weighted by molar-refractivity contribution is 5.90. The van der Waals surface area contributed by atoms with Gasteiger partial charge in [-0.05, 0) is 50.5 Å². The number of nitrogens with two attached hydrogens (primary N) is 1. The second-order valence-electron chi connectivity index (χ2n) is 6.19. The van der Waals surface area contributed by atoms with Gasteiger partial charge in [0.05, 0.1) is 16.9 Å². The van der Waals surface area contributed by atoms with Crippen molar-refractivity contribution in [1.82, 2.24) is 4.90 Å². The average molecular weight is 295 g/mol. The van der Waals surface area contributed by atoms with E-state index in [1.54, 1.807) is 0 Å². The first-order valence-electron chi connectivity index (χ1n) is 7.05. The number of nitrogens with zero attached hydrogens (tertiary/aromatic N) is 1. The number of carboxylic acid groups (broad SMARTS) is 1. The summed E-state index contributed by atoms with van der Waals surface area (Å²) in [5.74, 6) is -2.08. The maximum atomic E-state index is 13.7. The van der Waals surface area contributed by atoms with Crippen molar-refractivity contribution in [2.75, 3.05) is 37.7 Å². The van der Waals surface area contributed by atoms with Crippen molar-refractivity contribution in [3.05, 3.63) is 23.5 Å². The number of likely N-dealkylation sites (tertiary alicyclic amines) is 1. The summed E-state index contributed by atoms with van der Waals surface area (Å²) in [4.78, 5) is 13.1. The first kappa shape index (κ1) is 15.6. The van der Waals surface area contributed by atoms with Gasteiger partial charge in [-0.25, -0.2) is 9.18 Å². The van der Waals surface area contributed by atoms with Gasteiger partial charge in [-0.15, -0.1) is 0 Å². The van der Waals surface area contributed by atoms with Crippen molar-refractivity contribution in [2.24, 2.45) is 5.41 Å². The number of benzene rings is 1. The van der Waals surface area contributed by atoms with Crippen molar-refractivity contribution in [2.45, 2.75) is 19.8 Å². The van der Waals surface area contributed by atoms with Crippen molar-refractivity contribution in [1.29, 1.82) is 0 Å². The molecule has 1 heterocycles. The van der Waals surface area contributed by atoms with Crippen LogP contribution in [0, 0.1) is 11.2 Å². The van der Waals surface area contributed by atoms with Crippen LogP contribution in [-0.2, 0) is 0 Å². The molecule has 0 saturated carbocycles. The highest BCUT2D eigenvalue weighted by Gasteiger charge is 2.28. The Kier molecular flexibility index (Phi) is 4.37. The van der Waals surface area contributed by atoms with Crippen LogP contribution in [0.25, 0.3) is 0 Å². The molecule has 116 valence electrons. The number of rotatable bonds is 4. The third-order valence-electron chi connectivity index (χ3n) is 4.27. The molecular formula is C15H22FN3O2. The third-order valence-corrected chi connectivity index (χ3v) is 4.27. The van der Waals surface area contributed by atoms with Gasteiger partial charge >= 0.3 is 5.97 Å². The molecule has 1 saturated heterocycles. The Morgan fingerprint density at radius 1 is 1.48 bits per heavy atom. The lowest BCUT2D eigenvalue weighted by Gasteiger charge is -2.38. The minimum atomic E-state index is -1.31. The van der Waals surface area contributed by atoms with Crippen LogP contribution in [0.4, 0.5) is 15.8 Å². The van der Waals surface area contributed by atoms with Crippen molar-refractivity contribution in [3.8, 4) is 0 Å². The van der Waals surface area contributed by atoms with Gasteiger partial charge in [0.15, 0.2) is 0 Å². The Hall–Kier alpha value is -1.82. The molecule has 1 aromatic carbocycles. The van der Waals surface area contributed by atoms with E-state index in [1.807, 2.05) is 0 Å². The molecule has 6 heteroatoms. The second kappa shape index (κ2) is 5.89. The first-order valence-corrected chi connectivity index (χ1v) is 7.05. The van der Waals surface area contributed by atoms with Crippen molar-refractivity contribution < 1.29 is 14.3 Å². The lowest BCUT2D eigenvalue weighted by atomic mass is 9.80. The highest BCUT2D eigenvalue weighted by atomic mass is 19.1. The quantitative estimate of drug-likeness (QED) is 0.743. The molecular weight excluding hydrogens is 273 g/mol. The van der Waals surface area contributed by atoms with E-state index < -0.39 is 17.3 Å². The average Bonchev–Trinajstić information content (AvgIpc) is 2.43. The molecule has 0 radical (unpaired) electrons. The largest absolute Gasteiger partial charge is 0.478 e. The van der Waals surface area contributed by atoms with Gasteiger partial charge in [-0.2, -0.15) is 0 Å². The fraction of sp³-hybridized carbons (Fsp3) is 0.533. The fourth-order valence-electron chi connectivity index (χ4n) is 2.55. The van der Waals surface area contributed by atoms with Crippen LogP contribution in [0.1, 0.15) is 30.1 Å². The number of aromatic carboxylic acids is 1. The fourth-order valence-corrected chi connectivity index (χ4v) is 2.55. The SMILES string of the molecule is CN1CCC(C)(CNc2cc(F)c(C(=O)O)cc2N)CC1. The molecule has 1 fully saturated rings. The van der Waals surface area contributed by atoms with Gasteiger partial charge in [0.1, 0.15) is 5.82 Å². The molecule has 21 heavy (non-hydrogen) atoms. The Morgan fingerprint density at radius 3 is 2.67 bits per heavy atom. The van der Waals surface area contributed by atoms with E-state index in [0.717, 1.165) is 38.1 Å². The summed E-state index contributed by atoms with van der Waals surface area (Å²) in [5, 5.41) is 12.0. The number of piperidine rings is 1. The Balaban J connectivity index is 2.07. The highest BCUT2D eigenvalue weighted by Crippen LogP contribution is 2.32. The number of halogens is 1. The van der Waals surface area contributed by atoms with Crippen molar-refractivity contribution >= 4 is 17.3 Å². The summed E-state index contributed by atoms with van der Waals surface area (Å²) in [7, 11) is 2.10. The van der Waals surface area contributed by atoms with Gasteiger partial charge in [-0.1, -0.05) is 6.92 Å². The van der Waals surface area contributed by atoms with Crippen LogP contribution in [-0.4, -0.2) is 42.7 Å². The number of carboxylic acids is 1. The van der Waals surface area contributed by atoms with Gasteiger partial charge in [-0.3, -0.25) is 0 Å². The normalized spacial score (nSPS) is 18.4. The summed E-state index contributed by atoms with van der Waals surface area (Å²) in [5.41, 5.74) is 6.26. The number of nitrogen functional groups attached to an aromatic ring is 1. The van der Waals surface area contributed by atoms with Crippen molar-refractivity contribution in [3.63, 3.8) is 0 Å². The molecule has 1 aliphatic heterocycles. The standard InChI is InChI=1S/C15H22FN3O2/c1-15(3-5-19(2)6-4-15)9-18-13-8-11(16)10(14(20)21)7-12(13)17/h7-8,18H,3-6,9,17H2,1-2H3,(H,20,21). The zero-order chi connectivity index (χ0) is 15.6. The first-order chi connectivity index (χ1) is 9.81. The Bertz CT molecular complexity index is 540. The molecule has 0 bridgehead atoms. The summed E-state index contributed by atoms with van der Waals surface area (Å²) in [6.45, 7) is 4.97. The van der Waals surface area contributed by atoms with Crippen LogP contribution in [0.3, 0.4) is 0 Å². The maximum absolute atomic E-state index is 13.7. The van der Waals surface area contributed by atoms with E-state index in [0.29, 0.717) is 12.2 Å². The topological polar surface area (TPSA) is 78.6 Å². The van der Waals surface area contributed by atoms with E-state index in [1.165, 1.54) is 0 Å². The minimum absolute atomic E-state index is 0.140. The van der Waals surface area contributed by atoms with Gasteiger partial charge in [0.2, 0.25) is 0 Å². The van der Waals surface area contributed by atoms with E-state index in [4.69, 9.17) is 10.8 Å². The molecule has 0 aromatic heterocycles. The van der Waals surface area contributed by atoms with Gasteiger partial charge < -0.3 is 21.1 Å². The predicted octanol–water partition coefficient (Wildman–Crippen LogP) is 2.25. The van der Waals surface area contributed by atoms with Crippen LogP contribution in [0.15, 0.2) is 12.1 Å². The summed E-state index contributed by atoms with van der Waals surface area (Å²) < 4.78 is 13.7. The van der Waals surface area contributed by atoms with E-state index >= 15 is 0 Å². The predicted molar refractivity (Wildman–Crippen MR) is 81.1 cm³/mol. The summed E-state index contributed by atoms with van der Waals surface area (Å²) >= 11 is 0. The van der Waals surface area contributed by atoms with Crippen LogP contribution in [0.2, 0.25) is 0 Å². The van der Waals surface area contributed by atoms with E-state index in [2.05, 4.69) is 24.2 Å². The molecule has 2 rings (SSSR count). The lowest BCUT2D eigenvalue weighted by Crippen LogP contribution is -2.40. The molecule has 0 atom stereocenters. The molecule has 1 aliphatic rings. The number of hydrogen-bond acceptors (Lipinski definition) is 4. The van der Waals surface area contributed by atoms with E-state index in [-0.39, 0.29) is 11.1 Å². The number of nitrogens with one attached hydrogen (secondary N) is 1. The van der Waals surface area contributed by atoms with Crippen LogP contribution in [0.5, 0.6) is 0 Å². The van der Waals surface area contributed by atoms with Gasteiger partial charge in [0.25, 0.3) is 0 Å². The summed E-state index contributed by atoms with van der Waals surface area (Å²) in [6, 6.07) is 2.33. The van der Waals surface area contributed by atoms with Crippen LogP contribution < -0.4 is 11.1 Å². The molecule has 4 N–H and O–H groups in total. The third kappa shape index (κ3) is 3.64. The molecule has 0 aliphatic carbocycles. The van der Waals surface area contributed by atoms with E-state index in [9.17, 15) is 9.18 Å². The lowest BCUT2D eigenvalue weighted by molar-refractivity contribution is 0.0692.